The second-order valence-corrected chi connectivity index (χ2v) is 11.1. The summed E-state index contributed by atoms with van der Waals surface area (Å²) in [6, 6.07) is -3.00. The molecule has 236 valence electrons. The molecule has 0 aromatic rings. The number of carbonyl (C=O) groups is 5. The van der Waals surface area contributed by atoms with E-state index in [1.807, 2.05) is 39.5 Å². The van der Waals surface area contributed by atoms with Crippen LogP contribution in [0, 0.1) is 17.2 Å². The molecule has 1 heterocycles. The molecule has 4 atom stereocenters. The minimum Gasteiger partial charge on any atom is -0.481 e. The number of nitrogens with zero attached hydrogens (tertiary/aromatic N) is 1. The standard InChI is InChI=1S/C25H48N8O4.C2H4O2/c1-6-33-12-8-10-20(33)24(37)32-22(35)18(9-7-11-29-25(27)28)30-23(36)19(14-16(4)5)31-21(34)17(26)13-15(2)3;1-2(3)4/h15-20H,6-14,26H2,1-5H3,(H,30,36)(H,31,34)(H4,27,28,29)(H,32,35,37);1H3,(H,3,4)/t17-,18+,19+,20+;/m1./s1. The van der Waals surface area contributed by atoms with Gasteiger partial charge in [-0.25, -0.2) is 0 Å². The number of carboxylic acids is 1. The van der Waals surface area contributed by atoms with Crippen molar-refractivity contribution in [2.45, 2.75) is 104 Å². The van der Waals surface area contributed by atoms with E-state index in [1.165, 1.54) is 0 Å². The number of nitrogens with one attached hydrogen (secondary N) is 5. The van der Waals surface area contributed by atoms with E-state index in [-0.39, 0.29) is 36.2 Å². The van der Waals surface area contributed by atoms with Gasteiger partial charge in [0.05, 0.1) is 12.1 Å². The number of nitrogens with two attached hydrogens (primary N) is 2. The van der Waals surface area contributed by atoms with E-state index in [1.54, 1.807) is 0 Å². The quantitative estimate of drug-likeness (QED) is 0.0720. The van der Waals surface area contributed by atoms with Gasteiger partial charge in [-0.05, 0) is 63.5 Å². The summed E-state index contributed by atoms with van der Waals surface area (Å²) in [4.78, 5) is 62.8. The van der Waals surface area contributed by atoms with Crippen molar-refractivity contribution in [3.8, 4) is 0 Å². The molecular formula is C27H52N8O6. The summed E-state index contributed by atoms with van der Waals surface area (Å²) < 4.78 is 0. The maximum absolute atomic E-state index is 13.2. The average molecular weight is 585 g/mol. The van der Waals surface area contributed by atoms with Gasteiger partial charge in [0.25, 0.3) is 5.97 Å². The number of likely N-dealkylation sites (tertiary alicyclic amines) is 1. The molecule has 1 rings (SSSR count). The normalized spacial score (nSPS) is 17.0. The summed E-state index contributed by atoms with van der Waals surface area (Å²) in [6.45, 7) is 12.7. The molecule has 14 nitrogen and oxygen atoms in total. The van der Waals surface area contributed by atoms with Crippen molar-refractivity contribution in [1.29, 1.82) is 5.41 Å². The van der Waals surface area contributed by atoms with Gasteiger partial charge in [0.2, 0.25) is 23.6 Å². The predicted molar refractivity (Wildman–Crippen MR) is 157 cm³/mol. The van der Waals surface area contributed by atoms with Crippen molar-refractivity contribution < 1.29 is 29.1 Å². The van der Waals surface area contributed by atoms with Crippen LogP contribution in [0.15, 0.2) is 0 Å². The molecule has 0 radical (unpaired) electrons. The van der Waals surface area contributed by atoms with Crippen molar-refractivity contribution in [2.24, 2.45) is 23.3 Å². The molecule has 14 heteroatoms. The first-order chi connectivity index (χ1) is 19.1. The molecule has 1 fully saturated rings. The van der Waals surface area contributed by atoms with Crippen LogP contribution in [-0.4, -0.2) is 89.4 Å². The van der Waals surface area contributed by atoms with Gasteiger partial charge in [0, 0.05) is 13.5 Å². The number of hydrogen-bond donors (Lipinski definition) is 8. The highest BCUT2D eigenvalue weighted by molar-refractivity contribution is 6.01. The lowest BCUT2D eigenvalue weighted by Crippen LogP contribution is -2.57. The Morgan fingerprint density at radius 3 is 2.05 bits per heavy atom. The topological polar surface area (TPSA) is 233 Å². The van der Waals surface area contributed by atoms with Crippen molar-refractivity contribution in [3.63, 3.8) is 0 Å². The lowest BCUT2D eigenvalue weighted by atomic mass is 10.00. The van der Waals surface area contributed by atoms with Crippen LogP contribution in [0.5, 0.6) is 0 Å². The molecule has 41 heavy (non-hydrogen) atoms. The third-order valence-corrected chi connectivity index (χ3v) is 6.34. The number of likely N-dealkylation sites (N-methyl/N-ethyl adjacent to an activating group) is 1. The Morgan fingerprint density at radius 1 is 0.976 bits per heavy atom. The Morgan fingerprint density at radius 2 is 1.54 bits per heavy atom. The van der Waals surface area contributed by atoms with Gasteiger partial charge in [-0.3, -0.25) is 39.6 Å². The molecule has 1 aliphatic rings. The van der Waals surface area contributed by atoms with Crippen LogP contribution in [0.25, 0.3) is 0 Å². The van der Waals surface area contributed by atoms with Crippen molar-refractivity contribution in [1.82, 2.24) is 26.2 Å². The molecule has 0 unspecified atom stereocenters. The Labute approximate surface area is 243 Å². The minimum atomic E-state index is -1.00. The average Bonchev–Trinajstić information content (AvgIpc) is 3.33. The van der Waals surface area contributed by atoms with Gasteiger partial charge in [0.1, 0.15) is 12.1 Å². The SMILES string of the molecule is CC(=O)O.CCN1CCC[C@H]1C(=O)NC(=O)[C@H](CCCNC(=N)N)NC(=O)[C@H](CC(C)C)NC(=O)[C@H](N)CC(C)C. The van der Waals surface area contributed by atoms with Gasteiger partial charge in [0.15, 0.2) is 5.96 Å². The van der Waals surface area contributed by atoms with Crippen LogP contribution in [0.1, 0.15) is 80.1 Å². The van der Waals surface area contributed by atoms with Crippen molar-refractivity contribution in [2.75, 3.05) is 19.6 Å². The monoisotopic (exact) mass is 584 g/mol. The van der Waals surface area contributed by atoms with Crippen LogP contribution in [0.2, 0.25) is 0 Å². The van der Waals surface area contributed by atoms with E-state index in [9.17, 15) is 19.2 Å². The first-order valence-electron chi connectivity index (χ1n) is 14.3. The van der Waals surface area contributed by atoms with E-state index in [0.717, 1.165) is 19.9 Å². The fourth-order valence-electron chi connectivity index (χ4n) is 4.46. The fourth-order valence-corrected chi connectivity index (χ4v) is 4.46. The summed E-state index contributed by atoms with van der Waals surface area (Å²) in [6.07, 6.45) is 3.02. The van der Waals surface area contributed by atoms with Gasteiger partial charge < -0.3 is 32.5 Å². The molecular weight excluding hydrogens is 532 g/mol. The molecule has 1 saturated heterocycles. The number of amides is 4. The first-order valence-corrected chi connectivity index (χ1v) is 14.3. The Kier molecular flexibility index (Phi) is 18.2. The van der Waals surface area contributed by atoms with Crippen LogP contribution in [-0.2, 0) is 24.0 Å². The number of carboxylic acid groups (broad SMARTS) is 1. The highest BCUT2D eigenvalue weighted by Gasteiger charge is 2.33. The second kappa shape index (κ2) is 19.8. The Hall–Kier alpha value is -3.26. The van der Waals surface area contributed by atoms with Gasteiger partial charge in [-0.15, -0.1) is 0 Å². The minimum absolute atomic E-state index is 0.0911. The van der Waals surface area contributed by atoms with Gasteiger partial charge in [-0.2, -0.15) is 0 Å². The third kappa shape index (κ3) is 16.6. The summed E-state index contributed by atoms with van der Waals surface area (Å²) in [7, 11) is 0. The van der Waals surface area contributed by atoms with Gasteiger partial charge in [-0.1, -0.05) is 34.6 Å². The van der Waals surface area contributed by atoms with Crippen LogP contribution in [0.3, 0.4) is 0 Å². The molecule has 1 aliphatic heterocycles. The second-order valence-electron chi connectivity index (χ2n) is 11.1. The van der Waals surface area contributed by atoms with Gasteiger partial charge >= 0.3 is 0 Å². The summed E-state index contributed by atoms with van der Waals surface area (Å²) in [5.74, 6) is -2.63. The van der Waals surface area contributed by atoms with Crippen LogP contribution < -0.4 is 32.7 Å². The molecule has 0 aliphatic carbocycles. The summed E-state index contributed by atoms with van der Waals surface area (Å²) in [5, 5.41) is 25.3. The lowest BCUT2D eigenvalue weighted by Gasteiger charge is -2.26. The first kappa shape index (κ1) is 37.7. The maximum atomic E-state index is 13.2. The van der Waals surface area contributed by atoms with Crippen LogP contribution >= 0.6 is 0 Å². The zero-order valence-electron chi connectivity index (χ0n) is 25.4. The molecule has 4 amide bonds. The number of aliphatic carboxylic acids is 1. The number of hydrogen-bond acceptors (Lipinski definition) is 8. The van der Waals surface area contributed by atoms with E-state index in [0.29, 0.717) is 38.8 Å². The molecule has 0 saturated carbocycles. The largest absolute Gasteiger partial charge is 0.481 e. The zero-order chi connectivity index (χ0) is 31.7. The lowest BCUT2D eigenvalue weighted by molar-refractivity contribution is -0.137. The molecule has 0 aromatic heterocycles. The maximum Gasteiger partial charge on any atom is 0.300 e. The third-order valence-electron chi connectivity index (χ3n) is 6.34. The highest BCUT2D eigenvalue weighted by atomic mass is 16.4. The number of carbonyl (C=O) groups excluding carboxylic acids is 4. The van der Waals surface area contributed by atoms with E-state index in [4.69, 9.17) is 26.8 Å². The van der Waals surface area contributed by atoms with Crippen molar-refractivity contribution >= 4 is 35.6 Å². The van der Waals surface area contributed by atoms with Crippen LogP contribution in [0.4, 0.5) is 0 Å². The number of guanidine groups is 1. The highest BCUT2D eigenvalue weighted by Crippen LogP contribution is 2.16. The number of imide groups is 1. The van der Waals surface area contributed by atoms with E-state index < -0.39 is 41.8 Å². The number of rotatable bonds is 15. The Bertz CT molecular complexity index is 878. The predicted octanol–water partition coefficient (Wildman–Crippen LogP) is -0.143. The van der Waals surface area contributed by atoms with Crippen molar-refractivity contribution in [3.05, 3.63) is 0 Å². The Balaban J connectivity index is 0.00000373. The molecule has 0 bridgehead atoms. The summed E-state index contributed by atoms with van der Waals surface area (Å²) >= 11 is 0. The molecule has 0 aromatic carbocycles. The van der Waals surface area contributed by atoms with E-state index >= 15 is 0 Å². The fraction of sp³-hybridized carbons (Fsp3) is 0.778. The zero-order valence-corrected chi connectivity index (χ0v) is 25.4. The summed E-state index contributed by atoms with van der Waals surface area (Å²) in [5.41, 5.74) is 11.3. The smallest absolute Gasteiger partial charge is 0.300 e. The molecule has 0 spiro atoms. The van der Waals surface area contributed by atoms with E-state index in [2.05, 4.69) is 21.3 Å². The molecule has 10 N–H and O–H groups in total.